The molecule has 0 aromatic heterocycles. The summed E-state index contributed by atoms with van der Waals surface area (Å²) in [6.07, 6.45) is 0. The van der Waals surface area contributed by atoms with Crippen molar-refractivity contribution in [3.8, 4) is 11.5 Å². The molecule has 126 valence electrons. The van der Waals surface area contributed by atoms with Gasteiger partial charge in [0.25, 0.3) is 5.91 Å². The second-order valence-corrected chi connectivity index (χ2v) is 5.05. The van der Waals surface area contributed by atoms with Gasteiger partial charge in [-0.1, -0.05) is 12.1 Å². The summed E-state index contributed by atoms with van der Waals surface area (Å²) < 4.78 is 10.4. The molecule has 6 nitrogen and oxygen atoms in total. The lowest BCUT2D eigenvalue weighted by Crippen LogP contribution is -2.15. The number of methoxy groups -OCH3 is 2. The van der Waals surface area contributed by atoms with E-state index in [1.54, 1.807) is 49.6 Å². The number of anilines is 1. The highest BCUT2D eigenvalue weighted by molar-refractivity contribution is 6.28. The Balaban J connectivity index is 2.28. The number of ether oxygens (including phenoxy) is 2. The molecule has 0 atom stereocenters. The molecule has 1 amide bonds. The van der Waals surface area contributed by atoms with Crippen LogP contribution in [0, 0.1) is 0 Å². The molecule has 2 rings (SSSR count). The topological polar surface area (TPSA) is 85.9 Å². The van der Waals surface area contributed by atoms with Crippen LogP contribution < -0.4 is 20.5 Å². The number of nitrogens with two attached hydrogens (primary N) is 1. The minimum Gasteiger partial charge on any atom is -0.493 e. The fraction of sp³-hybridized carbons (Fsp3) is 0.176. The normalized spacial score (nSPS) is 11.0. The molecule has 0 fully saturated rings. The lowest BCUT2D eigenvalue weighted by molar-refractivity contribution is 0.102. The lowest BCUT2D eigenvalue weighted by atomic mass is 10.1. The second-order valence-electron chi connectivity index (χ2n) is 4.78. The quantitative estimate of drug-likeness (QED) is 0.477. The number of aliphatic imine (C=N–C) groups is 1. The summed E-state index contributed by atoms with van der Waals surface area (Å²) in [5, 5.41) is 2.80. The van der Waals surface area contributed by atoms with Crippen molar-refractivity contribution in [3.63, 3.8) is 0 Å². The fourth-order valence-electron chi connectivity index (χ4n) is 2.06. The Hall–Kier alpha value is -2.73. The Morgan fingerprint density at radius 2 is 1.88 bits per heavy atom. The van der Waals surface area contributed by atoms with Gasteiger partial charge in [0.2, 0.25) is 0 Å². The van der Waals surface area contributed by atoms with E-state index in [1.807, 2.05) is 0 Å². The average Bonchev–Trinajstić information content (AvgIpc) is 2.61. The maximum Gasteiger partial charge on any atom is 0.257 e. The highest BCUT2D eigenvalue weighted by atomic mass is 35.5. The maximum atomic E-state index is 12.5. The number of rotatable bonds is 6. The van der Waals surface area contributed by atoms with Crippen LogP contribution in [0.2, 0.25) is 0 Å². The van der Waals surface area contributed by atoms with Crippen molar-refractivity contribution in [2.75, 3.05) is 25.4 Å². The number of alkyl halides is 1. The second kappa shape index (κ2) is 8.21. The third-order valence-corrected chi connectivity index (χ3v) is 3.46. The summed E-state index contributed by atoms with van der Waals surface area (Å²) in [6, 6.07) is 12.0. The van der Waals surface area contributed by atoms with Crippen molar-refractivity contribution in [3.05, 3.63) is 48.0 Å². The largest absolute Gasteiger partial charge is 0.493 e. The number of hydrogen-bond donors (Lipinski definition) is 2. The molecule has 3 N–H and O–H groups in total. The van der Waals surface area contributed by atoms with E-state index >= 15 is 0 Å². The summed E-state index contributed by atoms with van der Waals surface area (Å²) in [7, 11) is 3.08. The number of halogens is 1. The van der Waals surface area contributed by atoms with Gasteiger partial charge in [-0.25, -0.2) is 4.99 Å². The number of carbonyl (C=O) groups excluding carboxylic acids is 1. The standard InChI is InChI=1S/C17H18ClN3O3/c1-23-14-8-7-11(9-15(14)24-2)20-17(22)12-5-3-4-6-13(12)21-16(19)10-18/h3-9H,10H2,1-2H3,(H2,19,21)(H,20,22). The van der Waals surface area contributed by atoms with E-state index in [0.29, 0.717) is 28.4 Å². The first-order valence-corrected chi connectivity index (χ1v) is 7.64. The molecule has 0 heterocycles. The summed E-state index contributed by atoms with van der Waals surface area (Å²) in [6.45, 7) is 0. The number of amidine groups is 1. The Morgan fingerprint density at radius 1 is 1.17 bits per heavy atom. The van der Waals surface area contributed by atoms with Crippen molar-refractivity contribution in [2.24, 2.45) is 10.7 Å². The Bertz CT molecular complexity index is 762. The molecule has 2 aromatic carbocycles. The first kappa shape index (κ1) is 17.6. The first-order chi connectivity index (χ1) is 11.6. The molecule has 0 saturated heterocycles. The molecule has 24 heavy (non-hydrogen) atoms. The molecule has 2 aromatic rings. The molecule has 0 spiro atoms. The number of carbonyl (C=O) groups is 1. The van der Waals surface area contributed by atoms with Crippen molar-refractivity contribution >= 4 is 34.7 Å². The summed E-state index contributed by atoms with van der Waals surface area (Å²) in [5.41, 5.74) is 7.07. The van der Waals surface area contributed by atoms with Crippen LogP contribution in [0.15, 0.2) is 47.5 Å². The van der Waals surface area contributed by atoms with Crippen molar-refractivity contribution in [2.45, 2.75) is 0 Å². The molecule has 0 radical (unpaired) electrons. The Labute approximate surface area is 145 Å². The third-order valence-electron chi connectivity index (χ3n) is 3.19. The van der Waals surface area contributed by atoms with Crippen LogP contribution in [0.1, 0.15) is 10.4 Å². The molecule has 0 unspecified atom stereocenters. The summed E-state index contributed by atoms with van der Waals surface area (Å²) in [5.74, 6) is 1.11. The van der Waals surface area contributed by atoms with Gasteiger partial charge in [0.05, 0.1) is 31.4 Å². The smallest absolute Gasteiger partial charge is 0.257 e. The van der Waals surface area contributed by atoms with Crippen LogP contribution in [-0.2, 0) is 0 Å². The van der Waals surface area contributed by atoms with Crippen molar-refractivity contribution in [1.29, 1.82) is 0 Å². The summed E-state index contributed by atoms with van der Waals surface area (Å²) >= 11 is 5.64. The van der Waals surface area contributed by atoms with Gasteiger partial charge in [0, 0.05) is 11.8 Å². The molecule has 0 aliphatic rings. The van der Waals surface area contributed by atoms with Gasteiger partial charge in [-0.3, -0.25) is 4.79 Å². The molecule has 0 aliphatic carbocycles. The predicted molar refractivity (Wildman–Crippen MR) is 95.9 cm³/mol. The minimum absolute atomic E-state index is 0.0889. The number of nitrogens with zero attached hydrogens (tertiary/aromatic N) is 1. The number of para-hydroxylation sites is 1. The zero-order valence-electron chi connectivity index (χ0n) is 13.4. The summed E-state index contributed by atoms with van der Waals surface area (Å²) in [4.78, 5) is 16.7. The number of hydrogen-bond acceptors (Lipinski definition) is 4. The van der Waals surface area contributed by atoms with Gasteiger partial charge in [-0.05, 0) is 24.3 Å². The highest BCUT2D eigenvalue weighted by Crippen LogP contribution is 2.30. The number of benzene rings is 2. The molecular weight excluding hydrogens is 330 g/mol. The van der Waals surface area contributed by atoms with Crippen LogP contribution >= 0.6 is 11.6 Å². The monoisotopic (exact) mass is 347 g/mol. The van der Waals surface area contributed by atoms with Crippen molar-refractivity contribution < 1.29 is 14.3 Å². The van der Waals surface area contributed by atoms with Crippen LogP contribution in [0.3, 0.4) is 0 Å². The van der Waals surface area contributed by atoms with Crippen LogP contribution in [-0.4, -0.2) is 31.8 Å². The number of amides is 1. The first-order valence-electron chi connectivity index (χ1n) is 7.10. The van der Waals surface area contributed by atoms with Gasteiger partial charge < -0.3 is 20.5 Å². The molecular formula is C17H18ClN3O3. The molecule has 7 heteroatoms. The molecule has 0 saturated carbocycles. The fourth-order valence-corrected chi connectivity index (χ4v) is 2.12. The van der Waals surface area contributed by atoms with E-state index in [4.69, 9.17) is 26.8 Å². The molecule has 0 bridgehead atoms. The minimum atomic E-state index is -0.316. The SMILES string of the molecule is COc1ccc(NC(=O)c2ccccc2N=C(N)CCl)cc1OC. The maximum absolute atomic E-state index is 12.5. The van der Waals surface area contributed by atoms with E-state index in [1.165, 1.54) is 7.11 Å². The molecule has 0 aliphatic heterocycles. The third kappa shape index (κ3) is 4.17. The van der Waals surface area contributed by atoms with Gasteiger partial charge >= 0.3 is 0 Å². The number of nitrogens with one attached hydrogen (secondary N) is 1. The van der Waals surface area contributed by atoms with E-state index in [2.05, 4.69) is 10.3 Å². The van der Waals surface area contributed by atoms with E-state index < -0.39 is 0 Å². The van der Waals surface area contributed by atoms with Crippen LogP contribution in [0.25, 0.3) is 0 Å². The highest BCUT2D eigenvalue weighted by Gasteiger charge is 2.13. The lowest BCUT2D eigenvalue weighted by Gasteiger charge is -2.11. The van der Waals surface area contributed by atoms with Gasteiger partial charge in [0.1, 0.15) is 5.84 Å². The van der Waals surface area contributed by atoms with E-state index in [9.17, 15) is 4.79 Å². The van der Waals surface area contributed by atoms with Gasteiger partial charge in [-0.2, -0.15) is 0 Å². The average molecular weight is 348 g/mol. The van der Waals surface area contributed by atoms with Crippen LogP contribution in [0.5, 0.6) is 11.5 Å². The van der Waals surface area contributed by atoms with E-state index in [-0.39, 0.29) is 17.6 Å². The Morgan fingerprint density at radius 3 is 2.54 bits per heavy atom. The van der Waals surface area contributed by atoms with Crippen LogP contribution in [0.4, 0.5) is 11.4 Å². The predicted octanol–water partition coefficient (Wildman–Crippen LogP) is 3.18. The zero-order valence-corrected chi connectivity index (χ0v) is 14.1. The van der Waals surface area contributed by atoms with Gasteiger partial charge in [0.15, 0.2) is 11.5 Å². The van der Waals surface area contributed by atoms with Crippen molar-refractivity contribution in [1.82, 2.24) is 0 Å². The van der Waals surface area contributed by atoms with E-state index in [0.717, 1.165) is 0 Å². The van der Waals surface area contributed by atoms with Gasteiger partial charge in [-0.15, -0.1) is 11.6 Å². The zero-order chi connectivity index (χ0) is 17.5. The Kier molecular flexibility index (Phi) is 6.03.